The SMILES string of the molecule is CC1COC2(CCNCC2)O1.Cl. The van der Waals surface area contributed by atoms with E-state index in [0.717, 1.165) is 32.5 Å². The molecule has 12 heavy (non-hydrogen) atoms. The lowest BCUT2D eigenvalue weighted by molar-refractivity contribution is -0.181. The highest BCUT2D eigenvalue weighted by Gasteiger charge is 2.40. The molecule has 1 N–H and O–H groups in total. The number of rotatable bonds is 0. The highest BCUT2D eigenvalue weighted by Crippen LogP contribution is 2.31. The number of piperidine rings is 1. The molecule has 1 unspecified atom stereocenters. The van der Waals surface area contributed by atoms with E-state index in [2.05, 4.69) is 12.2 Å². The molecule has 3 nitrogen and oxygen atoms in total. The minimum atomic E-state index is -0.218. The summed E-state index contributed by atoms with van der Waals surface area (Å²) in [6.45, 7) is 4.87. The van der Waals surface area contributed by atoms with Gasteiger partial charge < -0.3 is 14.8 Å². The topological polar surface area (TPSA) is 30.5 Å². The largest absolute Gasteiger partial charge is 0.347 e. The fourth-order valence-corrected chi connectivity index (χ4v) is 1.77. The number of halogens is 1. The Bertz CT molecular complexity index is 142. The minimum absolute atomic E-state index is 0. The summed E-state index contributed by atoms with van der Waals surface area (Å²) in [5.74, 6) is -0.218. The van der Waals surface area contributed by atoms with Crippen molar-refractivity contribution in [3.05, 3.63) is 0 Å². The van der Waals surface area contributed by atoms with E-state index >= 15 is 0 Å². The Morgan fingerprint density at radius 2 is 2.00 bits per heavy atom. The lowest BCUT2D eigenvalue weighted by atomic mass is 10.1. The highest BCUT2D eigenvalue weighted by atomic mass is 35.5. The maximum absolute atomic E-state index is 5.73. The molecule has 2 aliphatic heterocycles. The standard InChI is InChI=1S/C8H15NO2.ClH/c1-7-6-10-8(11-7)2-4-9-5-3-8;/h7,9H,2-6H2,1H3;1H. The Kier molecular flexibility index (Phi) is 3.35. The lowest BCUT2D eigenvalue weighted by Gasteiger charge is -2.31. The van der Waals surface area contributed by atoms with Gasteiger partial charge in [0.1, 0.15) is 0 Å². The van der Waals surface area contributed by atoms with E-state index in [0.29, 0.717) is 0 Å². The molecule has 0 radical (unpaired) electrons. The maximum atomic E-state index is 5.73. The minimum Gasteiger partial charge on any atom is -0.347 e. The number of nitrogens with one attached hydrogen (secondary N) is 1. The third-order valence-electron chi connectivity index (χ3n) is 2.36. The molecule has 0 aliphatic carbocycles. The normalized spacial score (nSPS) is 33.2. The molecule has 0 aromatic heterocycles. The zero-order valence-corrected chi connectivity index (χ0v) is 8.15. The Labute approximate surface area is 79.2 Å². The lowest BCUT2D eigenvalue weighted by Crippen LogP contribution is -2.42. The van der Waals surface area contributed by atoms with E-state index in [1.165, 1.54) is 0 Å². The Hall–Kier alpha value is 0.170. The van der Waals surface area contributed by atoms with Crippen molar-refractivity contribution in [3.63, 3.8) is 0 Å². The summed E-state index contributed by atoms with van der Waals surface area (Å²) in [7, 11) is 0. The summed E-state index contributed by atoms with van der Waals surface area (Å²) in [6.07, 6.45) is 2.28. The van der Waals surface area contributed by atoms with Gasteiger partial charge in [0.25, 0.3) is 0 Å². The Morgan fingerprint density at radius 3 is 2.50 bits per heavy atom. The first-order valence-electron chi connectivity index (χ1n) is 4.33. The van der Waals surface area contributed by atoms with Crippen LogP contribution in [0.1, 0.15) is 19.8 Å². The van der Waals surface area contributed by atoms with E-state index in [9.17, 15) is 0 Å². The van der Waals surface area contributed by atoms with Crippen LogP contribution >= 0.6 is 12.4 Å². The second-order valence-electron chi connectivity index (χ2n) is 3.40. The van der Waals surface area contributed by atoms with Crippen LogP contribution in [0, 0.1) is 0 Å². The van der Waals surface area contributed by atoms with Crippen molar-refractivity contribution in [3.8, 4) is 0 Å². The van der Waals surface area contributed by atoms with Crippen LogP contribution in [0.3, 0.4) is 0 Å². The predicted octanol–water partition coefficient (Wildman–Crippen LogP) is 0.923. The van der Waals surface area contributed by atoms with E-state index in [4.69, 9.17) is 9.47 Å². The van der Waals surface area contributed by atoms with Crippen LogP contribution in [0.25, 0.3) is 0 Å². The van der Waals surface area contributed by atoms with Crippen LogP contribution in [0.5, 0.6) is 0 Å². The quantitative estimate of drug-likeness (QED) is 0.621. The van der Waals surface area contributed by atoms with Crippen LogP contribution in [0.15, 0.2) is 0 Å². The maximum Gasteiger partial charge on any atom is 0.171 e. The molecule has 4 heteroatoms. The van der Waals surface area contributed by atoms with Crippen LogP contribution in [0.2, 0.25) is 0 Å². The Morgan fingerprint density at radius 1 is 1.33 bits per heavy atom. The summed E-state index contributed by atoms with van der Waals surface area (Å²) >= 11 is 0. The summed E-state index contributed by atoms with van der Waals surface area (Å²) in [5, 5.41) is 3.29. The molecule has 2 heterocycles. The van der Waals surface area contributed by atoms with Crippen molar-refractivity contribution in [1.29, 1.82) is 0 Å². The van der Waals surface area contributed by atoms with Crippen LogP contribution in [0.4, 0.5) is 0 Å². The molecule has 0 aromatic carbocycles. The Balaban J connectivity index is 0.000000720. The van der Waals surface area contributed by atoms with Crippen LogP contribution < -0.4 is 5.32 Å². The predicted molar refractivity (Wildman–Crippen MR) is 48.6 cm³/mol. The van der Waals surface area contributed by atoms with Gasteiger partial charge in [-0.1, -0.05) is 0 Å². The van der Waals surface area contributed by atoms with Gasteiger partial charge >= 0.3 is 0 Å². The number of ether oxygens (including phenoxy) is 2. The molecule has 1 spiro atoms. The first-order chi connectivity index (χ1) is 5.31. The van der Waals surface area contributed by atoms with E-state index in [1.54, 1.807) is 0 Å². The second-order valence-corrected chi connectivity index (χ2v) is 3.40. The van der Waals surface area contributed by atoms with Crippen molar-refractivity contribution < 1.29 is 9.47 Å². The van der Waals surface area contributed by atoms with Crippen LogP contribution in [-0.4, -0.2) is 31.6 Å². The monoisotopic (exact) mass is 193 g/mol. The third kappa shape index (κ3) is 1.91. The molecule has 2 aliphatic rings. The molecular weight excluding hydrogens is 178 g/mol. The second kappa shape index (κ2) is 3.92. The number of hydrogen-bond donors (Lipinski definition) is 1. The van der Waals surface area contributed by atoms with Gasteiger partial charge in [0, 0.05) is 25.9 Å². The third-order valence-corrected chi connectivity index (χ3v) is 2.36. The van der Waals surface area contributed by atoms with Crippen molar-refractivity contribution in [2.24, 2.45) is 0 Å². The highest BCUT2D eigenvalue weighted by molar-refractivity contribution is 5.85. The van der Waals surface area contributed by atoms with Gasteiger partial charge in [-0.2, -0.15) is 0 Å². The first kappa shape index (κ1) is 10.3. The van der Waals surface area contributed by atoms with Gasteiger partial charge in [0.15, 0.2) is 5.79 Å². The average molecular weight is 194 g/mol. The van der Waals surface area contributed by atoms with Gasteiger partial charge in [0.05, 0.1) is 12.7 Å². The smallest absolute Gasteiger partial charge is 0.171 e. The van der Waals surface area contributed by atoms with Gasteiger partial charge in [0.2, 0.25) is 0 Å². The van der Waals surface area contributed by atoms with Crippen molar-refractivity contribution in [2.45, 2.75) is 31.7 Å². The molecule has 0 bridgehead atoms. The molecule has 72 valence electrons. The van der Waals surface area contributed by atoms with Gasteiger partial charge in [-0.05, 0) is 6.92 Å². The zero-order chi connectivity index (χ0) is 7.73. The van der Waals surface area contributed by atoms with Crippen molar-refractivity contribution >= 4 is 12.4 Å². The molecule has 0 amide bonds. The first-order valence-corrected chi connectivity index (χ1v) is 4.33. The van der Waals surface area contributed by atoms with Crippen molar-refractivity contribution in [1.82, 2.24) is 5.32 Å². The zero-order valence-electron chi connectivity index (χ0n) is 7.34. The molecule has 2 fully saturated rings. The van der Waals surface area contributed by atoms with E-state index in [-0.39, 0.29) is 24.3 Å². The van der Waals surface area contributed by atoms with E-state index < -0.39 is 0 Å². The summed E-state index contributed by atoms with van der Waals surface area (Å²) in [6, 6.07) is 0. The fourth-order valence-electron chi connectivity index (χ4n) is 1.77. The van der Waals surface area contributed by atoms with Gasteiger partial charge in [-0.3, -0.25) is 0 Å². The average Bonchev–Trinajstić information content (AvgIpc) is 2.34. The molecule has 2 rings (SSSR count). The summed E-state index contributed by atoms with van der Waals surface area (Å²) < 4.78 is 11.4. The molecule has 0 saturated carbocycles. The van der Waals surface area contributed by atoms with Crippen molar-refractivity contribution in [2.75, 3.05) is 19.7 Å². The molecular formula is C8H16ClNO2. The van der Waals surface area contributed by atoms with Crippen LogP contribution in [-0.2, 0) is 9.47 Å². The molecule has 2 saturated heterocycles. The summed E-state index contributed by atoms with van der Waals surface area (Å²) in [5.41, 5.74) is 0. The summed E-state index contributed by atoms with van der Waals surface area (Å²) in [4.78, 5) is 0. The van der Waals surface area contributed by atoms with Gasteiger partial charge in [-0.25, -0.2) is 0 Å². The molecule has 0 aromatic rings. The van der Waals surface area contributed by atoms with E-state index in [1.807, 2.05) is 0 Å². The fraction of sp³-hybridized carbons (Fsp3) is 1.00. The van der Waals surface area contributed by atoms with Gasteiger partial charge in [-0.15, -0.1) is 12.4 Å². The molecule has 1 atom stereocenters. The number of hydrogen-bond acceptors (Lipinski definition) is 3.